The van der Waals surface area contributed by atoms with Gasteiger partial charge in [0.1, 0.15) is 12.1 Å². The van der Waals surface area contributed by atoms with E-state index >= 15 is 0 Å². The number of aromatic nitrogens is 2. The summed E-state index contributed by atoms with van der Waals surface area (Å²) in [5.74, 6) is 1.48. The quantitative estimate of drug-likeness (QED) is 0.276. The number of methoxy groups -OCH3 is 1. The van der Waals surface area contributed by atoms with Gasteiger partial charge in [-0.1, -0.05) is 35.3 Å². The number of ether oxygens (including phenoxy) is 3. The molecule has 0 amide bonds. The molecule has 8 nitrogen and oxygen atoms in total. The molecule has 1 aromatic heterocycles. The van der Waals surface area contributed by atoms with Gasteiger partial charge in [-0.25, -0.2) is 9.97 Å². The van der Waals surface area contributed by atoms with Gasteiger partial charge in [0, 0.05) is 21.6 Å². The Kier molecular flexibility index (Phi) is 8.85. The van der Waals surface area contributed by atoms with E-state index in [9.17, 15) is 4.79 Å². The summed E-state index contributed by atoms with van der Waals surface area (Å²) < 4.78 is 18.0. The van der Waals surface area contributed by atoms with Gasteiger partial charge in [-0.3, -0.25) is 9.69 Å². The van der Waals surface area contributed by atoms with E-state index in [-0.39, 0.29) is 18.7 Å². The zero-order valence-electron chi connectivity index (χ0n) is 19.3. The molecule has 33 heavy (non-hydrogen) atoms. The molecule has 0 spiro atoms. The van der Waals surface area contributed by atoms with Gasteiger partial charge >= 0.3 is 5.97 Å². The Balaban J connectivity index is 1.90. The Morgan fingerprint density at radius 3 is 2.70 bits per heavy atom. The van der Waals surface area contributed by atoms with Gasteiger partial charge in [0.25, 0.3) is 0 Å². The molecular formula is C24H29BrN4O4. The summed E-state index contributed by atoms with van der Waals surface area (Å²) in [5.41, 5.74) is 1.61. The highest BCUT2D eigenvalue weighted by atomic mass is 79.9. The minimum Gasteiger partial charge on any atom is -0.493 e. The topological polar surface area (TPSA) is 85.8 Å². The molecule has 0 aliphatic heterocycles. The number of esters is 1. The van der Waals surface area contributed by atoms with Crippen molar-refractivity contribution in [1.82, 2.24) is 14.9 Å². The van der Waals surface area contributed by atoms with Gasteiger partial charge in [-0.2, -0.15) is 0 Å². The summed E-state index contributed by atoms with van der Waals surface area (Å²) in [7, 11) is 3.43. The van der Waals surface area contributed by atoms with Crippen LogP contribution in [-0.4, -0.2) is 54.4 Å². The molecule has 3 aromatic rings. The maximum absolute atomic E-state index is 12.0. The predicted molar refractivity (Wildman–Crippen MR) is 132 cm³/mol. The van der Waals surface area contributed by atoms with Crippen LogP contribution in [-0.2, 0) is 9.53 Å². The number of benzene rings is 2. The van der Waals surface area contributed by atoms with Crippen molar-refractivity contribution in [3.63, 3.8) is 0 Å². The lowest BCUT2D eigenvalue weighted by molar-refractivity contribution is -0.146. The molecule has 0 bridgehead atoms. The summed E-state index contributed by atoms with van der Waals surface area (Å²) in [6, 6.07) is 11.5. The van der Waals surface area contributed by atoms with Crippen LogP contribution < -0.4 is 14.8 Å². The molecule has 1 heterocycles. The highest BCUT2D eigenvalue weighted by molar-refractivity contribution is 9.10. The first-order chi connectivity index (χ1) is 15.9. The SMILES string of the molecule is CCCC(Oc1cc2ncnc(Nc3cccc(Br)c3)c2cc1OC)N(C)CC(=O)OCC. The van der Waals surface area contributed by atoms with Gasteiger partial charge in [-0.05, 0) is 44.7 Å². The van der Waals surface area contributed by atoms with Crippen LogP contribution in [0.1, 0.15) is 26.7 Å². The highest BCUT2D eigenvalue weighted by Gasteiger charge is 2.21. The van der Waals surface area contributed by atoms with Crippen LogP contribution in [0.4, 0.5) is 11.5 Å². The summed E-state index contributed by atoms with van der Waals surface area (Å²) >= 11 is 3.49. The van der Waals surface area contributed by atoms with Crippen LogP contribution in [0.2, 0.25) is 0 Å². The molecule has 1 unspecified atom stereocenters. The molecule has 2 aromatic carbocycles. The van der Waals surface area contributed by atoms with E-state index in [0.29, 0.717) is 29.4 Å². The number of anilines is 2. The van der Waals surface area contributed by atoms with Crippen molar-refractivity contribution >= 4 is 44.3 Å². The van der Waals surface area contributed by atoms with E-state index in [2.05, 4.69) is 38.1 Å². The number of fused-ring (bicyclic) bond motifs is 1. The number of hydrogen-bond donors (Lipinski definition) is 1. The summed E-state index contributed by atoms with van der Waals surface area (Å²) in [5, 5.41) is 4.13. The van der Waals surface area contributed by atoms with Crippen molar-refractivity contribution in [3.8, 4) is 11.5 Å². The smallest absolute Gasteiger partial charge is 0.320 e. The summed E-state index contributed by atoms with van der Waals surface area (Å²) in [4.78, 5) is 22.6. The fourth-order valence-corrected chi connectivity index (χ4v) is 3.79. The zero-order valence-corrected chi connectivity index (χ0v) is 20.9. The second-order valence-corrected chi connectivity index (χ2v) is 8.37. The van der Waals surface area contributed by atoms with E-state index in [0.717, 1.165) is 28.4 Å². The third-order valence-electron chi connectivity index (χ3n) is 4.98. The number of hydrogen-bond acceptors (Lipinski definition) is 8. The summed E-state index contributed by atoms with van der Waals surface area (Å²) in [6.07, 6.45) is 2.80. The van der Waals surface area contributed by atoms with Crippen molar-refractivity contribution < 1.29 is 19.0 Å². The lowest BCUT2D eigenvalue weighted by atomic mass is 10.2. The number of rotatable bonds is 11. The maximum atomic E-state index is 12.0. The van der Waals surface area contributed by atoms with Crippen molar-refractivity contribution in [3.05, 3.63) is 47.2 Å². The molecule has 9 heteroatoms. The maximum Gasteiger partial charge on any atom is 0.320 e. The van der Waals surface area contributed by atoms with E-state index in [1.54, 1.807) is 14.0 Å². The number of carbonyl (C=O) groups excluding carboxylic acids is 1. The normalized spacial score (nSPS) is 11.9. The fourth-order valence-electron chi connectivity index (χ4n) is 3.39. The van der Waals surface area contributed by atoms with Crippen molar-refractivity contribution in [1.29, 1.82) is 0 Å². The predicted octanol–water partition coefficient (Wildman–Crippen LogP) is 5.14. The van der Waals surface area contributed by atoms with Crippen LogP contribution in [0.3, 0.4) is 0 Å². The Hall–Kier alpha value is -2.91. The molecule has 0 saturated carbocycles. The van der Waals surface area contributed by atoms with Gasteiger partial charge < -0.3 is 19.5 Å². The molecule has 1 N–H and O–H groups in total. The first-order valence-electron chi connectivity index (χ1n) is 10.8. The Morgan fingerprint density at radius 1 is 1.18 bits per heavy atom. The first-order valence-corrected chi connectivity index (χ1v) is 11.6. The van der Waals surface area contributed by atoms with E-state index in [1.165, 1.54) is 6.33 Å². The molecule has 0 aliphatic rings. The zero-order chi connectivity index (χ0) is 23.8. The minimum atomic E-state index is -0.327. The van der Waals surface area contributed by atoms with Crippen LogP contribution in [0.15, 0.2) is 47.2 Å². The Labute approximate surface area is 202 Å². The fraction of sp³-hybridized carbons (Fsp3) is 0.375. The van der Waals surface area contributed by atoms with Crippen LogP contribution >= 0.6 is 15.9 Å². The van der Waals surface area contributed by atoms with Crippen LogP contribution in [0.5, 0.6) is 11.5 Å². The van der Waals surface area contributed by atoms with E-state index in [4.69, 9.17) is 14.2 Å². The standard InChI is InChI=1S/C24H29BrN4O4/c1-5-8-22(29(3)14-23(30)32-6-2)33-21-13-19-18(12-20(21)31-4)24(27-15-26-19)28-17-10-7-9-16(25)11-17/h7,9-13,15,22H,5-6,8,14H2,1-4H3,(H,26,27,28). The van der Waals surface area contributed by atoms with Gasteiger partial charge in [-0.15, -0.1) is 0 Å². The summed E-state index contributed by atoms with van der Waals surface area (Å²) in [6.45, 7) is 4.34. The van der Waals surface area contributed by atoms with Gasteiger partial charge in [0.2, 0.25) is 0 Å². The first kappa shape index (κ1) is 24.7. The molecule has 3 rings (SSSR count). The van der Waals surface area contributed by atoms with Crippen molar-refractivity contribution in [2.24, 2.45) is 0 Å². The average molecular weight is 517 g/mol. The second-order valence-electron chi connectivity index (χ2n) is 7.46. The minimum absolute atomic E-state index is 0.136. The molecule has 0 aliphatic carbocycles. The van der Waals surface area contributed by atoms with Gasteiger partial charge in [0.15, 0.2) is 17.7 Å². The molecule has 0 radical (unpaired) electrons. The number of nitrogens with zero attached hydrogens (tertiary/aromatic N) is 3. The monoisotopic (exact) mass is 516 g/mol. The number of halogens is 1. The molecule has 0 fully saturated rings. The molecule has 176 valence electrons. The lowest BCUT2D eigenvalue weighted by Gasteiger charge is -2.28. The Morgan fingerprint density at radius 2 is 2.00 bits per heavy atom. The lowest BCUT2D eigenvalue weighted by Crippen LogP contribution is -2.40. The highest BCUT2D eigenvalue weighted by Crippen LogP contribution is 2.36. The average Bonchev–Trinajstić information content (AvgIpc) is 2.78. The van der Waals surface area contributed by atoms with E-state index < -0.39 is 0 Å². The molecule has 0 saturated heterocycles. The van der Waals surface area contributed by atoms with Crippen LogP contribution in [0.25, 0.3) is 10.9 Å². The van der Waals surface area contributed by atoms with Gasteiger partial charge in [0.05, 0.1) is 25.8 Å². The Bertz CT molecular complexity index is 1100. The largest absolute Gasteiger partial charge is 0.493 e. The molecular weight excluding hydrogens is 488 g/mol. The third-order valence-corrected chi connectivity index (χ3v) is 5.48. The number of likely N-dealkylation sites (N-methyl/N-ethyl adjacent to an activating group) is 1. The second kappa shape index (κ2) is 11.8. The molecule has 1 atom stereocenters. The van der Waals surface area contributed by atoms with E-state index in [1.807, 2.05) is 48.3 Å². The number of nitrogens with one attached hydrogen (secondary N) is 1. The third kappa shape index (κ3) is 6.55. The van der Waals surface area contributed by atoms with Crippen LogP contribution in [0, 0.1) is 0 Å². The number of carbonyl (C=O) groups is 1. The van der Waals surface area contributed by atoms with Crippen molar-refractivity contribution in [2.45, 2.75) is 32.9 Å². The van der Waals surface area contributed by atoms with Crippen molar-refractivity contribution in [2.75, 3.05) is 32.6 Å².